The molecule has 0 N–H and O–H groups in total. The van der Waals surface area contributed by atoms with Gasteiger partial charge in [0.1, 0.15) is 0 Å². The van der Waals surface area contributed by atoms with Gasteiger partial charge in [-0.25, -0.2) is 8.42 Å². The molecular formula is C13H17ClN2O3S2. The Labute approximate surface area is 134 Å². The summed E-state index contributed by atoms with van der Waals surface area (Å²) in [6.45, 7) is 1.76. The van der Waals surface area contributed by atoms with E-state index in [9.17, 15) is 13.2 Å². The summed E-state index contributed by atoms with van der Waals surface area (Å²) in [4.78, 5) is 14.2. The molecule has 0 fully saturated rings. The SMILES string of the molecule is C[C@@H](C(=O)N(C)C)S(=O)(=O)N1CCSc2ccc(Cl)cc21. The van der Waals surface area contributed by atoms with E-state index in [0.717, 1.165) is 4.90 Å². The maximum Gasteiger partial charge on any atom is 0.246 e. The molecule has 1 aromatic carbocycles. The van der Waals surface area contributed by atoms with Crippen LogP contribution in [0.1, 0.15) is 6.92 Å². The molecule has 1 aliphatic heterocycles. The van der Waals surface area contributed by atoms with Crippen LogP contribution in [0.5, 0.6) is 0 Å². The average Bonchev–Trinajstić information content (AvgIpc) is 2.44. The minimum atomic E-state index is -3.77. The second kappa shape index (κ2) is 6.06. The molecule has 1 aromatic rings. The summed E-state index contributed by atoms with van der Waals surface area (Å²) in [7, 11) is -0.673. The number of anilines is 1. The van der Waals surface area contributed by atoms with E-state index in [0.29, 0.717) is 23.0 Å². The maximum absolute atomic E-state index is 12.7. The molecule has 0 saturated heterocycles. The van der Waals surface area contributed by atoms with Crippen molar-refractivity contribution in [2.24, 2.45) is 0 Å². The highest BCUT2D eigenvalue weighted by molar-refractivity contribution is 8.00. The summed E-state index contributed by atoms with van der Waals surface area (Å²) in [5.41, 5.74) is 0.553. The van der Waals surface area contributed by atoms with E-state index >= 15 is 0 Å². The topological polar surface area (TPSA) is 57.7 Å². The molecular weight excluding hydrogens is 332 g/mol. The molecule has 0 aromatic heterocycles. The fourth-order valence-corrected chi connectivity index (χ4v) is 5.05. The van der Waals surface area contributed by atoms with Crippen LogP contribution in [-0.4, -0.2) is 50.9 Å². The Morgan fingerprint density at radius 2 is 2.10 bits per heavy atom. The molecule has 0 unspecified atom stereocenters. The maximum atomic E-state index is 12.7. The zero-order chi connectivity index (χ0) is 15.8. The van der Waals surface area contributed by atoms with Crippen LogP contribution in [0.2, 0.25) is 5.02 Å². The van der Waals surface area contributed by atoms with Crippen molar-refractivity contribution < 1.29 is 13.2 Å². The predicted octanol–water partition coefficient (Wildman–Crippen LogP) is 2.06. The summed E-state index contributed by atoms with van der Waals surface area (Å²) in [6, 6.07) is 5.17. The van der Waals surface area contributed by atoms with Crippen LogP contribution in [0, 0.1) is 0 Å². The molecule has 8 heteroatoms. The van der Waals surface area contributed by atoms with Crippen LogP contribution in [0.3, 0.4) is 0 Å². The number of carbonyl (C=O) groups excluding carboxylic acids is 1. The third kappa shape index (κ3) is 3.14. The number of hydrogen-bond acceptors (Lipinski definition) is 4. The lowest BCUT2D eigenvalue weighted by Gasteiger charge is -2.32. The summed E-state index contributed by atoms with van der Waals surface area (Å²) < 4.78 is 26.8. The molecule has 116 valence electrons. The molecule has 2 rings (SSSR count). The van der Waals surface area contributed by atoms with Crippen LogP contribution in [-0.2, 0) is 14.8 Å². The fourth-order valence-electron chi connectivity index (χ4n) is 2.11. The Morgan fingerprint density at radius 3 is 2.71 bits per heavy atom. The van der Waals surface area contributed by atoms with Gasteiger partial charge in [-0.3, -0.25) is 9.10 Å². The second-order valence-corrected chi connectivity index (χ2v) is 8.70. The van der Waals surface area contributed by atoms with Crippen LogP contribution in [0.15, 0.2) is 23.1 Å². The van der Waals surface area contributed by atoms with E-state index in [1.54, 1.807) is 38.0 Å². The monoisotopic (exact) mass is 348 g/mol. The van der Waals surface area contributed by atoms with Gasteiger partial charge in [0.15, 0.2) is 5.25 Å². The van der Waals surface area contributed by atoms with Gasteiger partial charge in [-0.2, -0.15) is 0 Å². The van der Waals surface area contributed by atoms with E-state index in [-0.39, 0.29) is 0 Å². The highest BCUT2D eigenvalue weighted by Crippen LogP contribution is 2.38. The van der Waals surface area contributed by atoms with Crippen molar-refractivity contribution >= 4 is 45.0 Å². The van der Waals surface area contributed by atoms with Crippen LogP contribution < -0.4 is 4.31 Å². The highest BCUT2D eigenvalue weighted by atomic mass is 35.5. The molecule has 1 amide bonds. The van der Waals surface area contributed by atoms with E-state index in [4.69, 9.17) is 11.6 Å². The second-order valence-electron chi connectivity index (χ2n) is 4.95. The number of rotatable bonds is 3. The number of hydrogen-bond donors (Lipinski definition) is 0. The summed E-state index contributed by atoms with van der Waals surface area (Å²) in [6.07, 6.45) is 0. The zero-order valence-electron chi connectivity index (χ0n) is 12.0. The Hall–Kier alpha value is -0.920. The van der Waals surface area contributed by atoms with E-state index in [1.807, 2.05) is 6.07 Å². The molecule has 0 bridgehead atoms. The summed E-state index contributed by atoms with van der Waals surface area (Å²) >= 11 is 7.56. The van der Waals surface area contributed by atoms with Crippen molar-refractivity contribution in [1.82, 2.24) is 4.90 Å². The molecule has 0 radical (unpaired) electrons. The fraction of sp³-hybridized carbons (Fsp3) is 0.462. The average molecular weight is 349 g/mol. The Kier molecular flexibility index (Phi) is 4.75. The third-order valence-electron chi connectivity index (χ3n) is 3.28. The normalized spacial score (nSPS) is 16.3. The van der Waals surface area contributed by atoms with Crippen molar-refractivity contribution in [3.8, 4) is 0 Å². The van der Waals surface area contributed by atoms with Crippen molar-refractivity contribution in [2.75, 3.05) is 30.7 Å². The minimum Gasteiger partial charge on any atom is -0.348 e. The number of carbonyl (C=O) groups is 1. The van der Waals surface area contributed by atoms with Gasteiger partial charge in [0.05, 0.1) is 5.69 Å². The Balaban J connectivity index is 2.43. The van der Waals surface area contributed by atoms with Gasteiger partial charge in [0.2, 0.25) is 15.9 Å². The van der Waals surface area contributed by atoms with Gasteiger partial charge in [-0.1, -0.05) is 11.6 Å². The van der Waals surface area contributed by atoms with Crippen LogP contribution >= 0.6 is 23.4 Å². The van der Waals surface area contributed by atoms with Gasteiger partial charge in [-0.05, 0) is 25.1 Å². The first-order valence-electron chi connectivity index (χ1n) is 6.40. The highest BCUT2D eigenvalue weighted by Gasteiger charge is 2.37. The van der Waals surface area contributed by atoms with Crippen LogP contribution in [0.4, 0.5) is 5.69 Å². The van der Waals surface area contributed by atoms with Crippen molar-refractivity contribution in [3.63, 3.8) is 0 Å². The number of fused-ring (bicyclic) bond motifs is 1. The van der Waals surface area contributed by atoms with Crippen molar-refractivity contribution in [3.05, 3.63) is 23.2 Å². The van der Waals surface area contributed by atoms with Crippen molar-refractivity contribution in [2.45, 2.75) is 17.1 Å². The molecule has 1 atom stereocenters. The van der Waals surface area contributed by atoms with E-state index in [2.05, 4.69) is 0 Å². The Bertz CT molecular complexity index is 661. The van der Waals surface area contributed by atoms with Crippen LogP contribution in [0.25, 0.3) is 0 Å². The molecule has 21 heavy (non-hydrogen) atoms. The molecule has 0 spiro atoms. The van der Waals surface area contributed by atoms with E-state index < -0.39 is 21.2 Å². The number of halogens is 1. The third-order valence-corrected chi connectivity index (χ3v) is 6.65. The minimum absolute atomic E-state index is 0.339. The first-order chi connectivity index (χ1) is 9.75. The lowest BCUT2D eigenvalue weighted by Crippen LogP contribution is -2.47. The number of amides is 1. The zero-order valence-corrected chi connectivity index (χ0v) is 14.4. The van der Waals surface area contributed by atoms with Gasteiger partial charge in [0, 0.05) is 36.3 Å². The summed E-state index contributed by atoms with van der Waals surface area (Å²) in [5, 5.41) is -0.648. The molecule has 1 heterocycles. The number of nitrogens with zero attached hydrogens (tertiary/aromatic N) is 2. The molecule has 5 nitrogen and oxygen atoms in total. The van der Waals surface area contributed by atoms with Gasteiger partial charge < -0.3 is 4.90 Å². The van der Waals surface area contributed by atoms with Gasteiger partial charge in [0.25, 0.3) is 0 Å². The first kappa shape index (κ1) is 16.5. The molecule has 0 saturated carbocycles. The lowest BCUT2D eigenvalue weighted by molar-refractivity contribution is -0.127. The first-order valence-corrected chi connectivity index (χ1v) is 9.27. The summed E-state index contributed by atoms with van der Waals surface area (Å²) in [5.74, 6) is 0.216. The number of benzene rings is 1. The number of sulfonamides is 1. The van der Waals surface area contributed by atoms with Gasteiger partial charge in [-0.15, -0.1) is 11.8 Å². The quantitative estimate of drug-likeness (QED) is 0.839. The largest absolute Gasteiger partial charge is 0.348 e. The smallest absolute Gasteiger partial charge is 0.246 e. The van der Waals surface area contributed by atoms with E-state index in [1.165, 1.54) is 16.1 Å². The lowest BCUT2D eigenvalue weighted by atomic mass is 10.3. The standard InChI is InChI=1S/C13H17ClN2O3S2/c1-9(13(17)15(2)3)21(18,19)16-6-7-20-12-5-4-10(14)8-11(12)16/h4-5,8-9H,6-7H2,1-3H3/t9-/m0/s1. The van der Waals surface area contributed by atoms with Crippen molar-refractivity contribution in [1.29, 1.82) is 0 Å². The predicted molar refractivity (Wildman–Crippen MR) is 86.6 cm³/mol. The molecule has 1 aliphatic rings. The van der Waals surface area contributed by atoms with Gasteiger partial charge >= 0.3 is 0 Å². The number of thioether (sulfide) groups is 1. The Morgan fingerprint density at radius 1 is 1.43 bits per heavy atom. The molecule has 0 aliphatic carbocycles.